The summed E-state index contributed by atoms with van der Waals surface area (Å²) in [7, 11) is -4.17. The maximum atomic E-state index is 13.9. The number of carbonyl (C=O) groups excluding carboxylic acids is 1. The van der Waals surface area contributed by atoms with Gasteiger partial charge in [0.15, 0.2) is 0 Å². The van der Waals surface area contributed by atoms with Gasteiger partial charge in [-0.2, -0.15) is 21.3 Å². The summed E-state index contributed by atoms with van der Waals surface area (Å²) in [5.41, 5.74) is -0.190. The summed E-state index contributed by atoms with van der Waals surface area (Å²) < 4.78 is 56.1. The van der Waals surface area contributed by atoms with E-state index in [2.05, 4.69) is 6.42 Å². The summed E-state index contributed by atoms with van der Waals surface area (Å²) in [6.45, 7) is 6.09. The third-order valence-electron chi connectivity index (χ3n) is 4.77. The molecule has 0 radical (unpaired) electrons. The Labute approximate surface area is 217 Å². The van der Waals surface area contributed by atoms with Crippen LogP contribution in [0.4, 0.5) is 25.0 Å². The number of rotatable bonds is 4. The van der Waals surface area contributed by atoms with Crippen molar-refractivity contribution < 1.29 is 57.8 Å². The molecule has 1 amide bonds. The Bertz CT molecular complexity index is 917. The average Bonchev–Trinajstić information content (AvgIpc) is 2.71. The Morgan fingerprint density at radius 1 is 1.15 bits per heavy atom. The van der Waals surface area contributed by atoms with Crippen LogP contribution in [0.3, 0.4) is 0 Å². The van der Waals surface area contributed by atoms with E-state index < -0.39 is 27.5 Å². The number of carbonyl (C=O) groups is 1. The fraction of sp³-hybridized carbons (Fsp3) is 0.550. The van der Waals surface area contributed by atoms with E-state index in [1.165, 1.54) is 0 Å². The number of likely N-dealkylation sites (tertiary alicyclic amines) is 1. The van der Waals surface area contributed by atoms with E-state index in [0.29, 0.717) is 31.6 Å². The standard InChI is InChI=1S/C11H13F2N4O2S.C9H16NO2.U/c12-8-6-11(17-3-1-7(14)2-4-17)9(13)5-10(8)16-20(15,18)19;1-8(2)12-9(11)10-6-4-3-5-7-10;/h5-6,16H,1-4H2,(H2,15,18,19);3,8H,4-7H2,1-2H3;/q2*-1;+2. The van der Waals surface area contributed by atoms with Crippen molar-refractivity contribution in [3.05, 3.63) is 35.6 Å². The van der Waals surface area contributed by atoms with Crippen molar-refractivity contribution in [1.82, 2.24) is 4.90 Å². The zero-order valence-electron chi connectivity index (χ0n) is 18.7. The van der Waals surface area contributed by atoms with E-state index in [1.54, 1.807) is 14.5 Å². The Hall–Kier alpha value is -1.42. The van der Waals surface area contributed by atoms with Crippen molar-refractivity contribution in [2.45, 2.75) is 45.6 Å². The Kier molecular flexibility index (Phi) is 12.1. The molecule has 2 saturated heterocycles. The van der Waals surface area contributed by atoms with Crippen LogP contribution in [-0.4, -0.2) is 57.4 Å². The second kappa shape index (κ2) is 13.5. The summed E-state index contributed by atoms with van der Waals surface area (Å²) in [6.07, 6.45) is 4.79. The summed E-state index contributed by atoms with van der Waals surface area (Å²) in [5.74, 6) is -1.69. The third kappa shape index (κ3) is 10.2. The topological polar surface area (TPSA) is 127 Å². The molecule has 0 aliphatic carbocycles. The van der Waals surface area contributed by atoms with Crippen LogP contribution in [0.2, 0.25) is 0 Å². The number of halogens is 2. The maximum absolute atomic E-state index is 13.9. The summed E-state index contributed by atoms with van der Waals surface area (Å²) in [5, 5.41) is 14.0. The molecule has 2 heterocycles. The SMILES string of the molecule is CC(C)OC(=O)N1CC[CH-]CC1.[N-]=C1CCN(c2cc(F)c(NS(N)(=O)=O)cc2F)CC1.[U+2]. The minimum absolute atomic E-state index is 0. The number of anilines is 2. The average molecular weight is 712 g/mol. The number of ether oxygens (including phenoxy) is 1. The first-order valence-electron chi connectivity index (χ1n) is 10.3. The zero-order valence-corrected chi connectivity index (χ0v) is 23.7. The van der Waals surface area contributed by atoms with Crippen LogP contribution in [0.1, 0.15) is 39.5 Å². The number of nitrogens with one attached hydrogen (secondary N) is 1. The van der Waals surface area contributed by atoms with Crippen LogP contribution in [-0.2, 0) is 14.9 Å². The molecule has 3 rings (SSSR count). The Morgan fingerprint density at radius 2 is 1.73 bits per heavy atom. The van der Waals surface area contributed by atoms with E-state index in [9.17, 15) is 27.4 Å². The molecule has 2 fully saturated rings. The van der Waals surface area contributed by atoms with E-state index in [0.717, 1.165) is 38.1 Å². The van der Waals surface area contributed by atoms with Crippen LogP contribution < -0.4 is 14.8 Å². The number of hydrogen-bond donors (Lipinski definition) is 2. The quantitative estimate of drug-likeness (QED) is 0.465. The Balaban J connectivity index is 0.000000361. The minimum atomic E-state index is -4.17. The van der Waals surface area contributed by atoms with Gasteiger partial charge in [-0.15, -0.1) is 0 Å². The van der Waals surface area contributed by atoms with Crippen molar-refractivity contribution in [3.8, 4) is 0 Å². The molecular weight excluding hydrogens is 682 g/mol. The van der Waals surface area contributed by atoms with E-state index in [1.807, 2.05) is 13.8 Å². The first-order valence-corrected chi connectivity index (χ1v) is 11.9. The van der Waals surface area contributed by atoms with Gasteiger partial charge in [0.05, 0.1) is 17.5 Å². The largest absolute Gasteiger partial charge is 2.00 e. The number of nitrogens with zero attached hydrogens (tertiary/aromatic N) is 3. The molecule has 2 aliphatic rings. The number of amides is 1. The van der Waals surface area contributed by atoms with Crippen molar-refractivity contribution in [2.75, 3.05) is 35.8 Å². The monoisotopic (exact) mass is 711 g/mol. The molecule has 1 aromatic rings. The zero-order chi connectivity index (χ0) is 23.9. The molecule has 0 spiro atoms. The van der Waals surface area contributed by atoms with Gasteiger partial charge in [-0.1, -0.05) is 0 Å². The van der Waals surface area contributed by atoms with Crippen molar-refractivity contribution in [2.24, 2.45) is 5.14 Å². The molecule has 0 unspecified atom stereocenters. The normalized spacial score (nSPS) is 16.5. The number of benzene rings is 1. The predicted octanol–water partition coefficient (Wildman–Crippen LogP) is 3.02. The molecule has 9 nitrogen and oxygen atoms in total. The number of nitrogens with two attached hydrogens (primary N) is 1. The fourth-order valence-electron chi connectivity index (χ4n) is 3.23. The Morgan fingerprint density at radius 3 is 2.24 bits per heavy atom. The third-order valence-corrected chi connectivity index (χ3v) is 5.28. The first-order chi connectivity index (χ1) is 15.0. The van der Waals surface area contributed by atoms with Crippen molar-refractivity contribution in [3.63, 3.8) is 0 Å². The molecule has 0 saturated carbocycles. The molecular formula is C20H29F2N5O4SU. The second-order valence-corrected chi connectivity index (χ2v) is 9.06. The van der Waals surface area contributed by atoms with Gasteiger partial charge in [-0.3, -0.25) is 4.72 Å². The van der Waals surface area contributed by atoms with Crippen molar-refractivity contribution in [1.29, 1.82) is 0 Å². The first kappa shape index (κ1) is 29.6. The molecule has 0 bridgehead atoms. The van der Waals surface area contributed by atoms with E-state index in [4.69, 9.17) is 9.88 Å². The summed E-state index contributed by atoms with van der Waals surface area (Å²) >= 11 is 0. The van der Waals surface area contributed by atoms with Gasteiger partial charge in [-0.05, 0) is 39.8 Å². The smallest absolute Gasteiger partial charge is 0.811 e. The van der Waals surface area contributed by atoms with Crippen LogP contribution in [0.15, 0.2) is 12.1 Å². The van der Waals surface area contributed by atoms with Gasteiger partial charge in [0.1, 0.15) is 11.6 Å². The van der Waals surface area contributed by atoms with Gasteiger partial charge in [0, 0.05) is 25.2 Å². The number of hydrogen-bond acceptors (Lipinski definition) is 5. The molecule has 2 aliphatic heterocycles. The predicted molar refractivity (Wildman–Crippen MR) is 120 cm³/mol. The number of piperidine rings is 2. The van der Waals surface area contributed by atoms with Gasteiger partial charge in [-0.25, -0.2) is 24.4 Å². The van der Waals surface area contributed by atoms with Crippen LogP contribution in [0, 0.1) is 49.2 Å². The molecule has 3 N–H and O–H groups in total. The maximum Gasteiger partial charge on any atom is 2.00 e. The van der Waals surface area contributed by atoms with Crippen LogP contribution in [0.5, 0.6) is 0 Å². The van der Waals surface area contributed by atoms with Crippen LogP contribution >= 0.6 is 0 Å². The van der Waals surface area contributed by atoms with Gasteiger partial charge >= 0.3 is 37.2 Å². The fourth-order valence-corrected chi connectivity index (χ4v) is 3.69. The van der Waals surface area contributed by atoms with Gasteiger partial charge in [0.2, 0.25) is 0 Å². The minimum Gasteiger partial charge on any atom is -0.811 e. The molecule has 0 aromatic heterocycles. The molecule has 33 heavy (non-hydrogen) atoms. The van der Waals surface area contributed by atoms with Gasteiger partial charge in [0.25, 0.3) is 10.2 Å². The summed E-state index contributed by atoms with van der Waals surface area (Å²) in [6, 6.07) is 1.65. The van der Waals surface area contributed by atoms with Crippen molar-refractivity contribution >= 4 is 33.4 Å². The molecule has 13 heteroatoms. The van der Waals surface area contributed by atoms with E-state index in [-0.39, 0.29) is 49.0 Å². The molecule has 1 aromatic carbocycles. The van der Waals surface area contributed by atoms with Crippen LogP contribution in [0.25, 0.3) is 5.41 Å². The van der Waals surface area contributed by atoms with Gasteiger partial charge < -0.3 is 26.4 Å². The van der Waals surface area contributed by atoms with E-state index >= 15 is 0 Å². The molecule has 182 valence electrons. The second-order valence-electron chi connectivity index (χ2n) is 7.77. The molecule has 0 atom stereocenters. The summed E-state index contributed by atoms with van der Waals surface area (Å²) in [4.78, 5) is 14.6.